The zero-order valence-electron chi connectivity index (χ0n) is 18.1. The minimum Gasteiger partial charge on any atom is -0.347 e. The molecule has 1 aliphatic rings. The van der Waals surface area contributed by atoms with Crippen molar-refractivity contribution in [2.24, 2.45) is 7.05 Å². The molecule has 5 rings (SSSR count). The zero-order chi connectivity index (χ0) is 23.9. The lowest BCUT2D eigenvalue weighted by Crippen LogP contribution is -2.41. The van der Waals surface area contributed by atoms with Crippen LogP contribution in [0.15, 0.2) is 54.7 Å². The number of nitrogens with zero attached hydrogens (tertiary/aromatic N) is 6. The fraction of sp³-hybridized carbons (Fsp3) is 0.261. The van der Waals surface area contributed by atoms with Crippen molar-refractivity contribution < 1.29 is 18.0 Å². The van der Waals surface area contributed by atoms with Crippen molar-refractivity contribution in [1.82, 2.24) is 34.8 Å². The molecule has 0 radical (unpaired) electrons. The molecule has 4 aromatic rings. The van der Waals surface area contributed by atoms with Gasteiger partial charge in [-0.2, -0.15) is 23.4 Å². The largest absolute Gasteiger partial charge is 0.433 e. The van der Waals surface area contributed by atoms with Crippen molar-refractivity contribution in [1.29, 1.82) is 0 Å². The monoisotopic (exact) mass is 467 g/mol. The van der Waals surface area contributed by atoms with Gasteiger partial charge in [0, 0.05) is 31.6 Å². The van der Waals surface area contributed by atoms with Gasteiger partial charge in [0.2, 0.25) is 0 Å². The van der Waals surface area contributed by atoms with Crippen LogP contribution in [-0.4, -0.2) is 41.5 Å². The SMILES string of the molecule is Cn1ncc(-c2cccc(C(F)(F)F)n2)c1C(=O)NC1CCn2nc(-c3ccccc3)nc2C1. The fourth-order valence-corrected chi connectivity index (χ4v) is 4.03. The molecular weight excluding hydrogens is 447 g/mol. The molecule has 1 N–H and O–H groups in total. The number of aryl methyl sites for hydroxylation is 2. The van der Waals surface area contributed by atoms with E-state index in [-0.39, 0.29) is 23.0 Å². The first-order valence-electron chi connectivity index (χ1n) is 10.7. The Balaban J connectivity index is 1.36. The van der Waals surface area contributed by atoms with Crippen LogP contribution in [0.25, 0.3) is 22.6 Å². The van der Waals surface area contributed by atoms with Gasteiger partial charge in [0.1, 0.15) is 17.2 Å². The van der Waals surface area contributed by atoms with E-state index in [1.54, 1.807) is 7.05 Å². The maximum atomic E-state index is 13.1. The molecule has 4 heterocycles. The van der Waals surface area contributed by atoms with Gasteiger partial charge in [0.15, 0.2) is 5.82 Å². The number of amides is 1. The highest BCUT2D eigenvalue weighted by Crippen LogP contribution is 2.30. The van der Waals surface area contributed by atoms with E-state index in [0.29, 0.717) is 25.2 Å². The molecule has 1 atom stereocenters. The minimum atomic E-state index is -4.59. The van der Waals surface area contributed by atoms with Crippen molar-refractivity contribution >= 4 is 5.91 Å². The molecule has 1 amide bonds. The molecule has 0 bridgehead atoms. The molecule has 0 saturated heterocycles. The van der Waals surface area contributed by atoms with Gasteiger partial charge in [-0.3, -0.25) is 9.48 Å². The first-order valence-corrected chi connectivity index (χ1v) is 10.7. The van der Waals surface area contributed by atoms with Gasteiger partial charge in [0.05, 0.1) is 17.5 Å². The number of pyridine rings is 1. The number of benzene rings is 1. The first kappa shape index (κ1) is 21.8. The predicted molar refractivity (Wildman–Crippen MR) is 116 cm³/mol. The van der Waals surface area contributed by atoms with Crippen molar-refractivity contribution in [2.45, 2.75) is 31.6 Å². The van der Waals surface area contributed by atoms with Gasteiger partial charge < -0.3 is 5.32 Å². The lowest BCUT2D eigenvalue weighted by atomic mass is 10.1. The number of fused-ring (bicyclic) bond motifs is 1. The van der Waals surface area contributed by atoms with Crippen LogP contribution in [0.2, 0.25) is 0 Å². The number of hydrogen-bond acceptors (Lipinski definition) is 5. The number of rotatable bonds is 4. The molecule has 0 aliphatic carbocycles. The van der Waals surface area contributed by atoms with E-state index < -0.39 is 17.8 Å². The van der Waals surface area contributed by atoms with E-state index in [9.17, 15) is 18.0 Å². The summed E-state index contributed by atoms with van der Waals surface area (Å²) in [6, 6.07) is 13.0. The first-order chi connectivity index (χ1) is 16.3. The number of carbonyl (C=O) groups is 1. The molecule has 1 unspecified atom stereocenters. The number of hydrogen-bond donors (Lipinski definition) is 1. The summed E-state index contributed by atoms with van der Waals surface area (Å²) in [6.07, 6.45) is -2.11. The minimum absolute atomic E-state index is 0.0314. The van der Waals surface area contributed by atoms with E-state index in [0.717, 1.165) is 17.5 Å². The molecule has 11 heteroatoms. The lowest BCUT2D eigenvalue weighted by Gasteiger charge is -2.23. The van der Waals surface area contributed by atoms with E-state index in [1.165, 1.54) is 23.0 Å². The van der Waals surface area contributed by atoms with E-state index in [2.05, 4.69) is 25.5 Å². The molecule has 0 saturated carbocycles. The number of aromatic nitrogens is 6. The fourth-order valence-electron chi connectivity index (χ4n) is 4.03. The van der Waals surface area contributed by atoms with Crippen molar-refractivity contribution in [3.05, 3.63) is 71.9 Å². The van der Waals surface area contributed by atoms with Gasteiger partial charge in [0.25, 0.3) is 5.91 Å². The molecule has 1 aliphatic heterocycles. The second-order valence-corrected chi connectivity index (χ2v) is 8.04. The third-order valence-electron chi connectivity index (χ3n) is 5.70. The topological polar surface area (TPSA) is 90.5 Å². The van der Waals surface area contributed by atoms with Crippen LogP contribution >= 0.6 is 0 Å². The van der Waals surface area contributed by atoms with Gasteiger partial charge in [-0.15, -0.1) is 0 Å². The Kier molecular flexibility index (Phi) is 5.39. The normalized spacial score (nSPS) is 15.7. The summed E-state index contributed by atoms with van der Waals surface area (Å²) in [7, 11) is 1.57. The van der Waals surface area contributed by atoms with E-state index >= 15 is 0 Å². The lowest BCUT2D eigenvalue weighted by molar-refractivity contribution is -0.141. The zero-order valence-corrected chi connectivity index (χ0v) is 18.1. The van der Waals surface area contributed by atoms with Crippen molar-refractivity contribution in [3.8, 4) is 22.6 Å². The third-order valence-corrected chi connectivity index (χ3v) is 5.70. The molecule has 8 nitrogen and oxygen atoms in total. The average molecular weight is 467 g/mol. The second-order valence-electron chi connectivity index (χ2n) is 8.04. The summed E-state index contributed by atoms with van der Waals surface area (Å²) in [5.74, 6) is 0.961. The molecule has 3 aromatic heterocycles. The van der Waals surface area contributed by atoms with Crippen molar-refractivity contribution in [3.63, 3.8) is 0 Å². The van der Waals surface area contributed by atoms with Gasteiger partial charge >= 0.3 is 6.18 Å². The van der Waals surface area contributed by atoms with Gasteiger partial charge in [-0.05, 0) is 18.6 Å². The van der Waals surface area contributed by atoms with Crippen molar-refractivity contribution in [2.75, 3.05) is 0 Å². The average Bonchev–Trinajstić information content (AvgIpc) is 3.42. The van der Waals surface area contributed by atoms with Crippen LogP contribution in [0.3, 0.4) is 0 Å². The summed E-state index contributed by atoms with van der Waals surface area (Å²) < 4.78 is 42.5. The molecule has 0 fully saturated rings. The number of carbonyl (C=O) groups excluding carboxylic acids is 1. The van der Waals surface area contributed by atoms with Crippen LogP contribution in [-0.2, 0) is 26.2 Å². The second kappa shape index (κ2) is 8.40. The molecular formula is C23H20F3N7O. The Morgan fingerprint density at radius 1 is 1.09 bits per heavy atom. The highest BCUT2D eigenvalue weighted by Gasteiger charge is 2.33. The molecule has 34 heavy (non-hydrogen) atoms. The maximum Gasteiger partial charge on any atom is 0.433 e. The van der Waals surface area contributed by atoms with Crippen LogP contribution < -0.4 is 5.32 Å². The maximum absolute atomic E-state index is 13.1. The Hall–Kier alpha value is -4.02. The van der Waals surface area contributed by atoms with E-state index in [4.69, 9.17) is 0 Å². The van der Waals surface area contributed by atoms with Crippen LogP contribution in [0, 0.1) is 0 Å². The Bertz CT molecular complexity index is 1340. The summed E-state index contributed by atoms with van der Waals surface area (Å²) in [5.41, 5.74) is 0.295. The van der Waals surface area contributed by atoms with E-state index in [1.807, 2.05) is 35.0 Å². The standard InChI is InChI=1S/C23H20F3N7O/c1-32-20(16(13-27-32)17-8-5-9-18(29-17)23(24,25)26)22(34)28-15-10-11-33-19(12-15)30-21(31-33)14-6-3-2-4-7-14/h2-9,13,15H,10-12H2,1H3,(H,28,34). The third kappa shape index (κ3) is 4.16. The van der Waals surface area contributed by atoms with Gasteiger partial charge in [-0.25, -0.2) is 14.6 Å². The number of alkyl halides is 3. The van der Waals surface area contributed by atoms with Crippen LogP contribution in [0.4, 0.5) is 13.2 Å². The quantitative estimate of drug-likeness (QED) is 0.496. The Labute approximate surface area is 192 Å². The van der Waals surface area contributed by atoms with Crippen LogP contribution in [0.1, 0.15) is 28.4 Å². The smallest absolute Gasteiger partial charge is 0.347 e. The Morgan fingerprint density at radius 2 is 1.88 bits per heavy atom. The molecule has 174 valence electrons. The number of halogens is 3. The summed E-state index contributed by atoms with van der Waals surface area (Å²) in [4.78, 5) is 21.5. The highest BCUT2D eigenvalue weighted by atomic mass is 19.4. The van der Waals surface area contributed by atoms with Gasteiger partial charge in [-0.1, -0.05) is 36.4 Å². The molecule has 0 spiro atoms. The summed E-state index contributed by atoms with van der Waals surface area (Å²) in [6.45, 7) is 0.591. The predicted octanol–water partition coefficient (Wildman–Crippen LogP) is 3.50. The Morgan fingerprint density at radius 3 is 2.65 bits per heavy atom. The highest BCUT2D eigenvalue weighted by molar-refractivity contribution is 5.99. The van der Waals surface area contributed by atoms with Crippen LogP contribution in [0.5, 0.6) is 0 Å². The molecule has 1 aromatic carbocycles. The number of nitrogens with one attached hydrogen (secondary N) is 1. The summed E-state index contributed by atoms with van der Waals surface area (Å²) >= 11 is 0. The summed E-state index contributed by atoms with van der Waals surface area (Å²) in [5, 5.41) is 11.6.